The number of aromatic amines is 1. The number of hydrogen-bond acceptors (Lipinski definition) is 3. The van der Waals surface area contributed by atoms with Crippen LogP contribution in [0.4, 0.5) is 0 Å². The zero-order chi connectivity index (χ0) is 7.84. The van der Waals surface area contributed by atoms with Gasteiger partial charge in [0.1, 0.15) is 0 Å². The van der Waals surface area contributed by atoms with Crippen molar-refractivity contribution in [3.8, 4) is 0 Å². The van der Waals surface area contributed by atoms with Gasteiger partial charge in [-0.15, -0.1) is 0 Å². The fraction of sp³-hybridized carbons (Fsp3) is 0.286. The van der Waals surface area contributed by atoms with E-state index in [1.807, 2.05) is 13.8 Å². The minimum absolute atomic E-state index is 0. The first-order valence-electron chi connectivity index (χ1n) is 3.34. The molecule has 0 saturated heterocycles. The summed E-state index contributed by atoms with van der Waals surface area (Å²) in [6.07, 6.45) is 2.81. The first kappa shape index (κ1) is 9.69. The van der Waals surface area contributed by atoms with Crippen LogP contribution in [0.2, 0.25) is 0 Å². The molecule has 1 N–H and O–H groups in total. The van der Waals surface area contributed by atoms with Gasteiger partial charge in [-0.2, -0.15) is 0 Å². The van der Waals surface area contributed by atoms with Crippen molar-refractivity contribution < 1.29 is 31.1 Å². The van der Waals surface area contributed by atoms with Crippen LogP contribution in [-0.2, 0) is 0 Å². The Labute approximate surface area is 93.6 Å². The first-order chi connectivity index (χ1) is 5.25. The summed E-state index contributed by atoms with van der Waals surface area (Å²) in [5.74, 6) is 1.54. The van der Waals surface area contributed by atoms with Crippen LogP contribution in [0.3, 0.4) is 0 Å². The molecule has 0 spiro atoms. The third-order valence-corrected chi connectivity index (χ3v) is 1.40. The van der Waals surface area contributed by atoms with Gasteiger partial charge in [0.2, 0.25) is 0 Å². The molecule has 2 aromatic heterocycles. The minimum Gasteiger partial charge on any atom is -0.371 e. The van der Waals surface area contributed by atoms with E-state index in [0.717, 1.165) is 11.3 Å². The molecular formula is C7H7N4U-. The second kappa shape index (κ2) is 3.55. The summed E-state index contributed by atoms with van der Waals surface area (Å²) in [6, 6.07) is 0. The van der Waals surface area contributed by atoms with Crippen LogP contribution in [0.25, 0.3) is 11.2 Å². The van der Waals surface area contributed by atoms with Crippen LogP contribution in [0.1, 0.15) is 11.6 Å². The summed E-state index contributed by atoms with van der Waals surface area (Å²) in [7, 11) is 0. The SMILES string of the molecule is Cc1n[c-]c2[nH]c(C)nc2n1.[U]. The summed E-state index contributed by atoms with van der Waals surface area (Å²) >= 11 is 0. The van der Waals surface area contributed by atoms with Crippen LogP contribution >= 0.6 is 0 Å². The maximum absolute atomic E-state index is 4.14. The number of aryl methyl sites for hydroxylation is 2. The average Bonchev–Trinajstić information content (AvgIpc) is 2.27. The van der Waals surface area contributed by atoms with E-state index >= 15 is 0 Å². The predicted octanol–water partition coefficient (Wildman–Crippen LogP) is 0.770. The molecule has 0 saturated carbocycles. The number of hydrogen-bond donors (Lipinski definition) is 1. The van der Waals surface area contributed by atoms with Crippen LogP contribution in [0.15, 0.2) is 0 Å². The zero-order valence-electron chi connectivity index (χ0n) is 6.84. The molecule has 2 heterocycles. The number of nitrogens with zero attached hydrogens (tertiary/aromatic N) is 3. The molecule has 12 heavy (non-hydrogen) atoms. The smallest absolute Gasteiger partial charge is 0.0899 e. The Kier molecular flexibility index (Phi) is 2.86. The number of aromatic nitrogens is 4. The topological polar surface area (TPSA) is 54.5 Å². The van der Waals surface area contributed by atoms with Gasteiger partial charge in [-0.05, 0) is 12.4 Å². The monoisotopic (exact) mass is 385 g/mol. The molecule has 2 rings (SSSR count). The quantitative estimate of drug-likeness (QED) is 0.682. The zero-order valence-corrected chi connectivity index (χ0v) is 11.0. The summed E-state index contributed by atoms with van der Waals surface area (Å²) < 4.78 is 0. The Bertz CT molecular complexity index is 395. The molecule has 0 radical (unpaired) electrons. The summed E-state index contributed by atoms with van der Waals surface area (Å²) in [6.45, 7) is 3.70. The van der Waals surface area contributed by atoms with E-state index in [0.29, 0.717) is 11.5 Å². The fourth-order valence-corrected chi connectivity index (χ4v) is 0.953. The van der Waals surface area contributed by atoms with Gasteiger partial charge in [-0.3, -0.25) is 4.98 Å². The van der Waals surface area contributed by atoms with E-state index in [2.05, 4.69) is 26.1 Å². The Hall–Kier alpha value is -0.398. The largest absolute Gasteiger partial charge is 0.371 e. The molecule has 0 atom stereocenters. The Morgan fingerprint density at radius 3 is 2.75 bits per heavy atom. The van der Waals surface area contributed by atoms with Gasteiger partial charge < -0.3 is 15.0 Å². The van der Waals surface area contributed by atoms with Crippen molar-refractivity contribution in [3.63, 3.8) is 0 Å². The molecular weight excluding hydrogens is 378 g/mol. The molecule has 2 aromatic rings. The fourth-order valence-electron chi connectivity index (χ4n) is 0.953. The second-order valence-corrected chi connectivity index (χ2v) is 2.40. The first-order valence-corrected chi connectivity index (χ1v) is 3.34. The predicted molar refractivity (Wildman–Crippen MR) is 40.0 cm³/mol. The van der Waals surface area contributed by atoms with Gasteiger partial charge in [0.25, 0.3) is 0 Å². The summed E-state index contributed by atoms with van der Waals surface area (Å²) in [5.41, 5.74) is 1.46. The van der Waals surface area contributed by atoms with E-state index in [1.54, 1.807) is 0 Å². The van der Waals surface area contributed by atoms with Crippen molar-refractivity contribution in [2.24, 2.45) is 0 Å². The van der Waals surface area contributed by atoms with Gasteiger partial charge in [-0.25, -0.2) is 0 Å². The van der Waals surface area contributed by atoms with E-state index in [4.69, 9.17) is 0 Å². The maximum atomic E-state index is 4.14. The van der Waals surface area contributed by atoms with Gasteiger partial charge in [-0.1, -0.05) is 13.1 Å². The molecule has 0 aliphatic heterocycles. The number of rotatable bonds is 0. The van der Waals surface area contributed by atoms with Crippen molar-refractivity contribution >= 4 is 11.2 Å². The second-order valence-electron chi connectivity index (χ2n) is 2.40. The van der Waals surface area contributed by atoms with Gasteiger partial charge in [0, 0.05) is 36.9 Å². The number of H-pyrrole nitrogens is 1. The molecule has 0 amide bonds. The maximum Gasteiger partial charge on any atom is 0.0899 e. The van der Waals surface area contributed by atoms with Crippen molar-refractivity contribution in [1.29, 1.82) is 0 Å². The molecule has 0 aliphatic rings. The molecule has 0 fully saturated rings. The molecule has 5 heteroatoms. The van der Waals surface area contributed by atoms with E-state index < -0.39 is 0 Å². The molecule has 4 nitrogen and oxygen atoms in total. The van der Waals surface area contributed by atoms with Crippen molar-refractivity contribution in [3.05, 3.63) is 17.8 Å². The third-order valence-electron chi connectivity index (χ3n) is 1.40. The van der Waals surface area contributed by atoms with Crippen molar-refractivity contribution in [1.82, 2.24) is 19.9 Å². The van der Waals surface area contributed by atoms with Gasteiger partial charge >= 0.3 is 0 Å². The van der Waals surface area contributed by atoms with Gasteiger partial charge in [0.05, 0.1) is 11.5 Å². The molecule has 0 bridgehead atoms. The number of nitrogens with one attached hydrogen (secondary N) is 1. The molecule has 60 valence electrons. The minimum atomic E-state index is 0. The Balaban J connectivity index is 0.000000720. The van der Waals surface area contributed by atoms with Gasteiger partial charge in [0.15, 0.2) is 0 Å². The van der Waals surface area contributed by atoms with Crippen LogP contribution in [-0.4, -0.2) is 19.9 Å². The molecule has 0 aromatic carbocycles. The van der Waals surface area contributed by atoms with E-state index in [9.17, 15) is 0 Å². The van der Waals surface area contributed by atoms with Crippen molar-refractivity contribution in [2.45, 2.75) is 13.8 Å². The van der Waals surface area contributed by atoms with E-state index in [1.165, 1.54) is 0 Å². The van der Waals surface area contributed by atoms with Crippen molar-refractivity contribution in [2.75, 3.05) is 0 Å². The Morgan fingerprint density at radius 2 is 2.00 bits per heavy atom. The molecule has 0 unspecified atom stereocenters. The normalized spacial score (nSPS) is 9.83. The standard InChI is InChI=1S/C7H7N4.U/c1-4-8-3-6-7(10-4)11-5(2)9-6;/h1-2H3,(H,8,9,10,11);/q-1;. The van der Waals surface area contributed by atoms with E-state index in [-0.39, 0.29) is 31.1 Å². The molecule has 0 aliphatic carbocycles. The summed E-state index contributed by atoms with van der Waals surface area (Å²) in [4.78, 5) is 15.2. The van der Waals surface area contributed by atoms with Crippen LogP contribution in [0.5, 0.6) is 0 Å². The number of fused-ring (bicyclic) bond motifs is 1. The Morgan fingerprint density at radius 1 is 1.25 bits per heavy atom. The van der Waals surface area contributed by atoms with Crippen LogP contribution < -0.4 is 0 Å². The summed E-state index contributed by atoms with van der Waals surface area (Å²) in [5, 5.41) is 0. The van der Waals surface area contributed by atoms with Crippen LogP contribution in [0, 0.1) is 51.2 Å². The number of imidazole rings is 1. The third kappa shape index (κ3) is 1.67. The average molecular weight is 385 g/mol.